The number of hydrazine groups is 1. The molecule has 0 heterocycles. The van der Waals surface area contributed by atoms with E-state index < -0.39 is 44.0 Å². The summed E-state index contributed by atoms with van der Waals surface area (Å²) in [6, 6.07) is 20.0. The number of nitrogens with zero attached hydrogens (tertiary/aromatic N) is 3. The van der Waals surface area contributed by atoms with E-state index in [9.17, 15) is 31.5 Å². The maximum Gasteiger partial charge on any atom is 0.253 e. The van der Waals surface area contributed by atoms with Gasteiger partial charge >= 0.3 is 0 Å². The molecule has 2 unspecified atom stereocenters. The molecule has 3 rings (SSSR count). The third-order valence-corrected chi connectivity index (χ3v) is 10.9. The van der Waals surface area contributed by atoms with Gasteiger partial charge in [0.05, 0.1) is 21.9 Å². The van der Waals surface area contributed by atoms with Crippen LogP contribution in [-0.2, 0) is 26.5 Å². The van der Waals surface area contributed by atoms with Crippen molar-refractivity contribution in [2.45, 2.75) is 68.4 Å². The highest BCUT2D eigenvalue weighted by Gasteiger charge is 2.29. The number of rotatable bonds is 19. The summed E-state index contributed by atoms with van der Waals surface area (Å²) in [7, 11) is -5.25. The smallest absolute Gasteiger partial charge is 0.253 e. The highest BCUT2D eigenvalue weighted by Crippen LogP contribution is 2.21. The first-order valence-corrected chi connectivity index (χ1v) is 19.4. The van der Waals surface area contributed by atoms with Crippen molar-refractivity contribution < 1.29 is 31.5 Å². The number of aliphatic hydroxyl groups excluding tert-OH is 1. The molecule has 12 nitrogen and oxygen atoms in total. The first-order chi connectivity index (χ1) is 23.2. The van der Waals surface area contributed by atoms with Crippen molar-refractivity contribution in [3.8, 4) is 0 Å². The molecule has 0 saturated heterocycles. The first-order valence-electron chi connectivity index (χ1n) is 16.5. The first kappa shape index (κ1) is 39.8. The lowest BCUT2D eigenvalue weighted by Gasteiger charge is -2.30. The molecule has 0 spiro atoms. The highest BCUT2D eigenvalue weighted by molar-refractivity contribution is 7.89. The van der Waals surface area contributed by atoms with E-state index in [0.29, 0.717) is 32.4 Å². The summed E-state index contributed by atoms with van der Waals surface area (Å²) in [5.41, 5.74) is 0.785. The fourth-order valence-corrected chi connectivity index (χ4v) is 7.37. The molecule has 0 aliphatic rings. The number of hydrogen-bond acceptors (Lipinski definition) is 8. The Morgan fingerprint density at radius 3 is 1.86 bits per heavy atom. The van der Waals surface area contributed by atoms with E-state index in [1.165, 1.54) is 49.4 Å². The van der Waals surface area contributed by atoms with Gasteiger partial charge in [0, 0.05) is 51.4 Å². The number of hydrogen-bond donors (Lipinski definition) is 3. The molecule has 0 aromatic heterocycles. The molecule has 0 saturated carbocycles. The van der Waals surface area contributed by atoms with Crippen LogP contribution in [0.5, 0.6) is 0 Å². The van der Waals surface area contributed by atoms with Crippen molar-refractivity contribution in [3.63, 3.8) is 0 Å². The molecule has 0 radical (unpaired) electrons. The van der Waals surface area contributed by atoms with Crippen LogP contribution in [0.25, 0.3) is 0 Å². The van der Waals surface area contributed by atoms with Gasteiger partial charge in [-0.05, 0) is 61.6 Å². The minimum absolute atomic E-state index is 0.0552. The van der Waals surface area contributed by atoms with Crippen molar-refractivity contribution in [2.75, 3.05) is 40.3 Å². The molecular formula is C35H49N5O7S2. The number of benzene rings is 3. The average Bonchev–Trinajstić information content (AvgIpc) is 3.08. The molecule has 0 aliphatic carbocycles. The number of aliphatic hydroxyl groups is 1. The largest absolute Gasteiger partial charge is 0.390 e. The predicted molar refractivity (Wildman–Crippen MR) is 190 cm³/mol. The quantitative estimate of drug-likeness (QED) is 0.159. The van der Waals surface area contributed by atoms with Gasteiger partial charge in [-0.25, -0.2) is 26.1 Å². The lowest BCUT2D eigenvalue weighted by Crippen LogP contribution is -2.53. The monoisotopic (exact) mass is 715 g/mol. The summed E-state index contributed by atoms with van der Waals surface area (Å²) in [5.74, 6) is -1.09. The van der Waals surface area contributed by atoms with Crippen LogP contribution in [-0.4, -0.2) is 100 Å². The lowest BCUT2D eigenvalue weighted by atomic mass is 10.00. The van der Waals surface area contributed by atoms with Gasteiger partial charge in [-0.15, -0.1) is 4.83 Å². The van der Waals surface area contributed by atoms with Crippen molar-refractivity contribution in [1.82, 2.24) is 24.4 Å². The molecule has 49 heavy (non-hydrogen) atoms. The van der Waals surface area contributed by atoms with E-state index in [-0.39, 0.29) is 40.4 Å². The molecule has 3 aromatic rings. The fourth-order valence-electron chi connectivity index (χ4n) is 5.27. The van der Waals surface area contributed by atoms with E-state index in [1.807, 2.05) is 51.1 Å². The van der Waals surface area contributed by atoms with Crippen LogP contribution in [0.3, 0.4) is 0 Å². The Hall–Kier alpha value is -3.66. The second-order valence-electron chi connectivity index (χ2n) is 12.0. The van der Waals surface area contributed by atoms with E-state index in [0.717, 1.165) is 9.87 Å². The molecule has 2 atom stereocenters. The second kappa shape index (κ2) is 18.4. The van der Waals surface area contributed by atoms with Crippen LogP contribution in [0.1, 0.15) is 66.3 Å². The Kier molecular flexibility index (Phi) is 14.9. The Morgan fingerprint density at radius 1 is 0.755 bits per heavy atom. The molecule has 0 fully saturated rings. The minimum atomic E-state index is -4.03. The van der Waals surface area contributed by atoms with Crippen LogP contribution >= 0.6 is 0 Å². The van der Waals surface area contributed by atoms with Crippen molar-refractivity contribution in [3.05, 3.63) is 95.6 Å². The van der Waals surface area contributed by atoms with Crippen molar-refractivity contribution in [2.24, 2.45) is 0 Å². The van der Waals surface area contributed by atoms with Crippen LogP contribution in [0.2, 0.25) is 0 Å². The van der Waals surface area contributed by atoms with Gasteiger partial charge in [0.15, 0.2) is 0 Å². The second-order valence-corrected chi connectivity index (χ2v) is 15.8. The fraction of sp³-hybridized carbons (Fsp3) is 0.429. The molecule has 0 bridgehead atoms. The molecule has 3 N–H and O–H groups in total. The van der Waals surface area contributed by atoms with Crippen LogP contribution < -0.4 is 10.1 Å². The maximum atomic E-state index is 13.9. The van der Waals surface area contributed by atoms with Gasteiger partial charge in [-0.3, -0.25) is 9.59 Å². The van der Waals surface area contributed by atoms with Gasteiger partial charge in [0.25, 0.3) is 21.8 Å². The zero-order valence-electron chi connectivity index (χ0n) is 28.9. The van der Waals surface area contributed by atoms with E-state index >= 15 is 0 Å². The number of carbonyl (C=O) groups excluding carboxylic acids is 2. The molecule has 3 aromatic carbocycles. The third-order valence-electron chi connectivity index (χ3n) is 7.75. The Morgan fingerprint density at radius 2 is 1.31 bits per heavy atom. The van der Waals surface area contributed by atoms with E-state index in [4.69, 9.17) is 0 Å². The predicted octanol–water partition coefficient (Wildman–Crippen LogP) is 3.51. The van der Waals surface area contributed by atoms with E-state index in [1.54, 1.807) is 23.1 Å². The molecule has 0 aliphatic heterocycles. The number of amides is 2. The summed E-state index contributed by atoms with van der Waals surface area (Å²) in [5, 5.41) is 15.8. The normalized spacial score (nSPS) is 13.3. The van der Waals surface area contributed by atoms with E-state index in [2.05, 4.69) is 10.1 Å². The number of carbonyl (C=O) groups is 2. The zero-order valence-corrected chi connectivity index (χ0v) is 30.5. The van der Waals surface area contributed by atoms with Crippen LogP contribution in [0.15, 0.2) is 88.7 Å². The van der Waals surface area contributed by atoms with Gasteiger partial charge in [-0.1, -0.05) is 69.3 Å². The topological polar surface area (TPSA) is 156 Å². The Bertz CT molecular complexity index is 1730. The summed E-state index contributed by atoms with van der Waals surface area (Å²) in [4.78, 5) is 31.6. The van der Waals surface area contributed by atoms with Crippen LogP contribution in [0, 0.1) is 0 Å². The summed E-state index contributed by atoms with van der Waals surface area (Å²) >= 11 is 0. The molecule has 268 valence electrons. The summed E-state index contributed by atoms with van der Waals surface area (Å²) in [6.07, 6.45) is 0.876. The zero-order chi connectivity index (χ0) is 36.2. The van der Waals surface area contributed by atoms with Crippen molar-refractivity contribution in [1.29, 1.82) is 0 Å². The number of sulfonamides is 2. The average molecular weight is 716 g/mol. The third kappa shape index (κ3) is 11.2. The molecular weight excluding hydrogens is 667 g/mol. The summed E-state index contributed by atoms with van der Waals surface area (Å²) in [6.45, 7) is 6.78. The maximum absolute atomic E-state index is 13.9. The van der Waals surface area contributed by atoms with Gasteiger partial charge in [0.2, 0.25) is 10.0 Å². The molecule has 14 heteroatoms. The number of nitrogens with one attached hydrogen (secondary N) is 2. The summed E-state index contributed by atoms with van der Waals surface area (Å²) < 4.78 is 53.7. The van der Waals surface area contributed by atoms with Crippen molar-refractivity contribution >= 4 is 31.9 Å². The Balaban J connectivity index is 2.00. The SMILES string of the molecule is CCCN(CC(O)C(Cc1ccccc1)NC(=O)c1cc(C(=O)N(CCC)CCC)cc(S(=O)(=O)N(C)C)c1)NS(=O)(=O)c1ccccc1. The minimum Gasteiger partial charge on any atom is -0.390 e. The Labute approximate surface area is 291 Å². The van der Waals surface area contributed by atoms with Gasteiger partial charge < -0.3 is 15.3 Å². The van der Waals surface area contributed by atoms with Crippen LogP contribution in [0.4, 0.5) is 0 Å². The standard InChI is InChI=1S/C35H49N5O7S2/c1-6-19-39(20-7-2)35(43)29-23-28(24-31(25-29)49(46,47)38(4)5)34(42)36-32(22-27-15-11-9-12-16-27)33(41)26-40(21-8-3)37-48(44,45)30-17-13-10-14-18-30/h9-18,23-25,32-33,37,41H,6-8,19-22,26H2,1-5H3,(H,36,42). The lowest BCUT2D eigenvalue weighted by molar-refractivity contribution is 0.0618. The highest BCUT2D eigenvalue weighted by atomic mass is 32.2. The van der Waals surface area contributed by atoms with Gasteiger partial charge in [-0.2, -0.15) is 0 Å². The molecule has 2 amide bonds. The van der Waals surface area contributed by atoms with Gasteiger partial charge in [0.1, 0.15) is 0 Å².